The lowest BCUT2D eigenvalue weighted by molar-refractivity contribution is 0.0950. The van der Waals surface area contributed by atoms with E-state index in [1.54, 1.807) is 18.2 Å². The minimum absolute atomic E-state index is 0.125. The molecule has 19 heavy (non-hydrogen) atoms. The molecule has 0 saturated carbocycles. The molecule has 1 heterocycles. The number of benzene rings is 1. The molecule has 1 aromatic carbocycles. The van der Waals surface area contributed by atoms with E-state index >= 15 is 0 Å². The third-order valence-corrected chi connectivity index (χ3v) is 2.70. The Labute approximate surface area is 112 Å². The first-order chi connectivity index (χ1) is 9.24. The Bertz CT molecular complexity index is 443. The molecule has 1 aliphatic heterocycles. The third-order valence-electron chi connectivity index (χ3n) is 2.70. The van der Waals surface area contributed by atoms with Gasteiger partial charge in [0.05, 0.1) is 25.9 Å². The van der Waals surface area contributed by atoms with Crippen LogP contribution in [0.5, 0.6) is 11.5 Å². The van der Waals surface area contributed by atoms with Gasteiger partial charge in [-0.15, -0.1) is 0 Å². The van der Waals surface area contributed by atoms with Crippen molar-refractivity contribution in [3.63, 3.8) is 0 Å². The molecule has 104 valence electrons. The smallest absolute Gasteiger partial charge is 0.251 e. The summed E-state index contributed by atoms with van der Waals surface area (Å²) < 4.78 is 16.0. The van der Waals surface area contributed by atoms with Crippen LogP contribution in [-0.2, 0) is 4.74 Å². The van der Waals surface area contributed by atoms with E-state index < -0.39 is 0 Å². The Hall–Kier alpha value is -1.75. The Balaban J connectivity index is 2.06. The SMILES string of the molecule is CCOc1ccc(C(=O)NCC2CO2)cc1OCC. The molecule has 1 saturated heterocycles. The van der Waals surface area contributed by atoms with Crippen LogP contribution >= 0.6 is 0 Å². The molecule has 1 fully saturated rings. The van der Waals surface area contributed by atoms with Crippen LogP contribution in [0.15, 0.2) is 18.2 Å². The van der Waals surface area contributed by atoms with Crippen molar-refractivity contribution in [2.24, 2.45) is 0 Å². The maximum atomic E-state index is 11.9. The van der Waals surface area contributed by atoms with Gasteiger partial charge in [-0.1, -0.05) is 0 Å². The molecule has 1 N–H and O–H groups in total. The van der Waals surface area contributed by atoms with Gasteiger partial charge in [-0.2, -0.15) is 0 Å². The lowest BCUT2D eigenvalue weighted by Crippen LogP contribution is -2.27. The van der Waals surface area contributed by atoms with Gasteiger partial charge in [0.2, 0.25) is 0 Å². The van der Waals surface area contributed by atoms with Crippen LogP contribution in [0.3, 0.4) is 0 Å². The standard InChI is InChI=1S/C14H19NO4/c1-3-17-12-6-5-10(7-13(12)18-4-2)14(16)15-8-11-9-19-11/h5-7,11H,3-4,8-9H2,1-2H3,(H,15,16). The Morgan fingerprint density at radius 1 is 1.32 bits per heavy atom. The number of carbonyl (C=O) groups is 1. The van der Waals surface area contributed by atoms with E-state index in [9.17, 15) is 4.79 Å². The quantitative estimate of drug-likeness (QED) is 0.761. The van der Waals surface area contributed by atoms with E-state index in [4.69, 9.17) is 14.2 Å². The fourth-order valence-electron chi connectivity index (χ4n) is 1.69. The van der Waals surface area contributed by atoms with Crippen molar-refractivity contribution < 1.29 is 19.0 Å². The molecule has 5 nitrogen and oxygen atoms in total. The molecule has 0 spiro atoms. The average molecular weight is 265 g/mol. The second kappa shape index (κ2) is 6.43. The zero-order valence-electron chi connectivity index (χ0n) is 11.3. The first kappa shape index (κ1) is 13.7. The highest BCUT2D eigenvalue weighted by Gasteiger charge is 2.23. The van der Waals surface area contributed by atoms with Gasteiger partial charge in [0.1, 0.15) is 0 Å². The third kappa shape index (κ3) is 3.86. The van der Waals surface area contributed by atoms with Crippen molar-refractivity contribution in [1.29, 1.82) is 0 Å². The van der Waals surface area contributed by atoms with Crippen molar-refractivity contribution in [3.8, 4) is 11.5 Å². The van der Waals surface area contributed by atoms with Crippen LogP contribution in [0.2, 0.25) is 0 Å². The first-order valence-corrected chi connectivity index (χ1v) is 6.54. The van der Waals surface area contributed by atoms with Gasteiger partial charge < -0.3 is 19.5 Å². The molecule has 1 aromatic rings. The molecule has 0 aliphatic carbocycles. The molecule has 0 radical (unpaired) electrons. The van der Waals surface area contributed by atoms with E-state index in [1.807, 2.05) is 13.8 Å². The summed E-state index contributed by atoms with van der Waals surface area (Å²) in [6.07, 6.45) is 0.179. The number of ether oxygens (including phenoxy) is 3. The second-order valence-corrected chi connectivity index (χ2v) is 4.19. The van der Waals surface area contributed by atoms with E-state index in [2.05, 4.69) is 5.32 Å². The molecule has 0 aromatic heterocycles. The average Bonchev–Trinajstić information content (AvgIpc) is 3.22. The van der Waals surface area contributed by atoms with Crippen molar-refractivity contribution in [3.05, 3.63) is 23.8 Å². The van der Waals surface area contributed by atoms with Crippen molar-refractivity contribution in [1.82, 2.24) is 5.32 Å². The number of rotatable bonds is 7. The normalized spacial score (nSPS) is 16.8. The number of hydrogen-bond donors (Lipinski definition) is 1. The fraction of sp³-hybridized carbons (Fsp3) is 0.500. The topological polar surface area (TPSA) is 60.1 Å². The van der Waals surface area contributed by atoms with Crippen molar-refractivity contribution in [2.75, 3.05) is 26.4 Å². The van der Waals surface area contributed by atoms with Crippen LogP contribution in [0.1, 0.15) is 24.2 Å². The number of carbonyl (C=O) groups excluding carboxylic acids is 1. The highest BCUT2D eigenvalue weighted by Crippen LogP contribution is 2.28. The lowest BCUT2D eigenvalue weighted by atomic mass is 10.2. The van der Waals surface area contributed by atoms with Crippen LogP contribution < -0.4 is 14.8 Å². The minimum atomic E-state index is -0.125. The van der Waals surface area contributed by atoms with Gasteiger partial charge >= 0.3 is 0 Å². The summed E-state index contributed by atoms with van der Waals surface area (Å²) in [5.41, 5.74) is 0.563. The molecule has 0 bridgehead atoms. The molecular formula is C14H19NO4. The molecule has 1 amide bonds. The number of hydrogen-bond acceptors (Lipinski definition) is 4. The van der Waals surface area contributed by atoms with Crippen LogP contribution in [0.4, 0.5) is 0 Å². The number of epoxide rings is 1. The predicted octanol–water partition coefficient (Wildman–Crippen LogP) is 1.61. The molecule has 1 atom stereocenters. The highest BCUT2D eigenvalue weighted by molar-refractivity contribution is 5.94. The molecular weight excluding hydrogens is 246 g/mol. The summed E-state index contributed by atoms with van der Waals surface area (Å²) in [5.74, 6) is 1.13. The zero-order chi connectivity index (χ0) is 13.7. The number of nitrogens with one attached hydrogen (secondary N) is 1. The maximum absolute atomic E-state index is 11.9. The van der Waals surface area contributed by atoms with Gasteiger partial charge in [-0.3, -0.25) is 4.79 Å². The Morgan fingerprint density at radius 2 is 2.00 bits per heavy atom. The molecule has 2 rings (SSSR count). The molecule has 5 heteroatoms. The van der Waals surface area contributed by atoms with Gasteiger partial charge in [-0.25, -0.2) is 0 Å². The largest absolute Gasteiger partial charge is 0.490 e. The predicted molar refractivity (Wildman–Crippen MR) is 70.9 cm³/mol. The summed E-state index contributed by atoms with van der Waals surface area (Å²) in [6, 6.07) is 5.20. The minimum Gasteiger partial charge on any atom is -0.490 e. The van der Waals surface area contributed by atoms with E-state index in [0.29, 0.717) is 36.8 Å². The second-order valence-electron chi connectivity index (χ2n) is 4.19. The van der Waals surface area contributed by atoms with Gasteiger partial charge in [0, 0.05) is 12.1 Å². The van der Waals surface area contributed by atoms with Crippen LogP contribution in [0.25, 0.3) is 0 Å². The lowest BCUT2D eigenvalue weighted by Gasteiger charge is -2.12. The van der Waals surface area contributed by atoms with Crippen molar-refractivity contribution in [2.45, 2.75) is 20.0 Å². The summed E-state index contributed by atoms with van der Waals surface area (Å²) in [6.45, 7) is 6.17. The fourth-order valence-corrected chi connectivity index (χ4v) is 1.69. The molecule has 1 unspecified atom stereocenters. The Morgan fingerprint density at radius 3 is 2.63 bits per heavy atom. The van der Waals surface area contributed by atoms with Gasteiger partial charge in [-0.05, 0) is 32.0 Å². The van der Waals surface area contributed by atoms with Crippen LogP contribution in [-0.4, -0.2) is 38.4 Å². The number of amides is 1. The summed E-state index contributed by atoms with van der Waals surface area (Å²) >= 11 is 0. The van der Waals surface area contributed by atoms with E-state index in [1.165, 1.54) is 0 Å². The van der Waals surface area contributed by atoms with Crippen molar-refractivity contribution >= 4 is 5.91 Å². The first-order valence-electron chi connectivity index (χ1n) is 6.54. The zero-order valence-corrected chi connectivity index (χ0v) is 11.3. The summed E-state index contributed by atoms with van der Waals surface area (Å²) in [7, 11) is 0. The van der Waals surface area contributed by atoms with Gasteiger partial charge in [0.25, 0.3) is 5.91 Å². The van der Waals surface area contributed by atoms with Crippen LogP contribution in [0, 0.1) is 0 Å². The maximum Gasteiger partial charge on any atom is 0.251 e. The Kier molecular flexibility index (Phi) is 4.63. The van der Waals surface area contributed by atoms with Gasteiger partial charge in [0.15, 0.2) is 11.5 Å². The summed E-state index contributed by atoms with van der Waals surface area (Å²) in [4.78, 5) is 11.9. The van der Waals surface area contributed by atoms with E-state index in [-0.39, 0.29) is 12.0 Å². The summed E-state index contributed by atoms with van der Waals surface area (Å²) in [5, 5.41) is 2.82. The van der Waals surface area contributed by atoms with E-state index in [0.717, 1.165) is 6.61 Å². The molecule has 1 aliphatic rings. The highest BCUT2D eigenvalue weighted by atomic mass is 16.6. The monoisotopic (exact) mass is 265 g/mol.